The number of rotatable bonds is 6. The molecule has 1 aromatic heterocycles. The minimum atomic E-state index is 0.102. The molecule has 2 heterocycles. The second-order valence-electron chi connectivity index (χ2n) is 6.02. The van der Waals surface area contributed by atoms with Crippen LogP contribution >= 0.6 is 11.6 Å². The number of carbonyl (C=O) groups excluding carboxylic acids is 1. The van der Waals surface area contributed by atoms with Gasteiger partial charge in [-0.15, -0.1) is 0 Å². The summed E-state index contributed by atoms with van der Waals surface area (Å²) >= 11 is 5.83. The number of hydrogen-bond acceptors (Lipinski definition) is 4. The summed E-state index contributed by atoms with van der Waals surface area (Å²) in [5.41, 5.74) is 0. The Morgan fingerprint density at radius 2 is 2.00 bits per heavy atom. The Kier molecular flexibility index (Phi) is 5.81. The Balaban J connectivity index is 1.45. The highest BCUT2D eigenvalue weighted by molar-refractivity contribution is 6.30. The number of halogens is 1. The topological polar surface area (TPSA) is 56.6 Å². The van der Waals surface area contributed by atoms with Gasteiger partial charge in [0.2, 0.25) is 5.91 Å². The van der Waals surface area contributed by atoms with Crippen LogP contribution in [0.3, 0.4) is 0 Å². The van der Waals surface area contributed by atoms with Crippen molar-refractivity contribution in [2.24, 2.45) is 0 Å². The van der Waals surface area contributed by atoms with Crippen LogP contribution in [0.2, 0.25) is 5.02 Å². The van der Waals surface area contributed by atoms with Gasteiger partial charge in [0.1, 0.15) is 6.10 Å². The minimum Gasteiger partial charge on any atom is -0.493 e. The van der Waals surface area contributed by atoms with Gasteiger partial charge in [-0.2, -0.15) is 5.10 Å². The molecule has 3 rings (SSSR count). The molecule has 0 spiro atoms. The molecule has 7 heteroatoms. The third-order valence-corrected chi connectivity index (χ3v) is 4.51. The molecule has 6 nitrogen and oxygen atoms in total. The van der Waals surface area contributed by atoms with Gasteiger partial charge in [0, 0.05) is 45.1 Å². The molecule has 1 saturated heterocycles. The summed E-state index contributed by atoms with van der Waals surface area (Å²) in [5, 5.41) is 4.68. The lowest BCUT2D eigenvalue weighted by molar-refractivity contribution is -0.133. The summed E-state index contributed by atoms with van der Waals surface area (Å²) in [5.74, 6) is 1.63. The van der Waals surface area contributed by atoms with Gasteiger partial charge in [-0.3, -0.25) is 9.48 Å². The van der Waals surface area contributed by atoms with Gasteiger partial charge in [-0.25, -0.2) is 0 Å². The monoisotopic (exact) mass is 363 g/mol. The number of amides is 1. The highest BCUT2D eigenvalue weighted by atomic mass is 35.5. The zero-order chi connectivity index (χ0) is 17.6. The number of piperidine rings is 1. The van der Waals surface area contributed by atoms with E-state index in [-0.39, 0.29) is 12.0 Å². The fourth-order valence-corrected chi connectivity index (χ4v) is 3.10. The first-order valence-electron chi connectivity index (χ1n) is 8.41. The van der Waals surface area contributed by atoms with Crippen LogP contribution in [0.15, 0.2) is 36.7 Å². The predicted molar refractivity (Wildman–Crippen MR) is 95.1 cm³/mol. The van der Waals surface area contributed by atoms with Crippen LogP contribution in [-0.2, 0) is 11.3 Å². The maximum absolute atomic E-state index is 12.3. The Morgan fingerprint density at radius 1 is 1.28 bits per heavy atom. The SMILES string of the molecule is COc1ccccc1OC1CCN(C(=O)CCn2cc(Cl)cn2)CC1. The van der Waals surface area contributed by atoms with Gasteiger partial charge < -0.3 is 14.4 Å². The van der Waals surface area contributed by atoms with Gasteiger partial charge in [0.05, 0.1) is 18.3 Å². The number of likely N-dealkylation sites (tertiary alicyclic amines) is 1. The zero-order valence-corrected chi connectivity index (χ0v) is 15.0. The zero-order valence-electron chi connectivity index (χ0n) is 14.2. The standard InChI is InChI=1S/C18H22ClN3O3/c1-24-16-4-2-3-5-17(16)25-15-6-9-21(10-7-15)18(23)8-11-22-13-14(19)12-20-22/h2-5,12-13,15H,6-11H2,1H3. The summed E-state index contributed by atoms with van der Waals surface area (Å²) in [6.07, 6.45) is 5.46. The van der Waals surface area contributed by atoms with Gasteiger partial charge in [-0.1, -0.05) is 23.7 Å². The molecule has 134 valence electrons. The Labute approximate surface area is 152 Å². The molecule has 25 heavy (non-hydrogen) atoms. The highest BCUT2D eigenvalue weighted by Crippen LogP contribution is 2.29. The molecule has 0 atom stereocenters. The molecular formula is C18H22ClN3O3. The van der Waals surface area contributed by atoms with Crippen LogP contribution in [0, 0.1) is 0 Å². The van der Waals surface area contributed by atoms with Crippen molar-refractivity contribution in [3.63, 3.8) is 0 Å². The lowest BCUT2D eigenvalue weighted by atomic mass is 10.1. The van der Waals surface area contributed by atoms with E-state index in [0.717, 1.165) is 24.3 Å². The molecule has 1 amide bonds. The van der Waals surface area contributed by atoms with E-state index >= 15 is 0 Å². The first-order valence-corrected chi connectivity index (χ1v) is 8.79. The van der Waals surface area contributed by atoms with Crippen LogP contribution in [0.4, 0.5) is 0 Å². The van der Waals surface area contributed by atoms with Crippen LogP contribution in [-0.4, -0.2) is 46.9 Å². The van der Waals surface area contributed by atoms with Crippen molar-refractivity contribution in [2.45, 2.75) is 31.9 Å². The first-order chi connectivity index (χ1) is 12.2. The number of carbonyl (C=O) groups is 1. The quantitative estimate of drug-likeness (QED) is 0.791. The molecule has 1 aromatic carbocycles. The number of ether oxygens (including phenoxy) is 2. The first kappa shape index (κ1) is 17.6. The second-order valence-corrected chi connectivity index (χ2v) is 6.46. The van der Waals surface area contributed by atoms with Crippen molar-refractivity contribution in [3.8, 4) is 11.5 Å². The van der Waals surface area contributed by atoms with Crippen molar-refractivity contribution in [1.82, 2.24) is 14.7 Å². The molecule has 0 saturated carbocycles. The number of hydrogen-bond donors (Lipinski definition) is 0. The molecule has 0 radical (unpaired) electrons. The summed E-state index contributed by atoms with van der Waals surface area (Å²) in [6, 6.07) is 7.64. The average Bonchev–Trinajstić information content (AvgIpc) is 3.06. The van der Waals surface area contributed by atoms with Crippen LogP contribution in [0.1, 0.15) is 19.3 Å². The summed E-state index contributed by atoms with van der Waals surface area (Å²) in [7, 11) is 1.64. The van der Waals surface area contributed by atoms with Crippen LogP contribution < -0.4 is 9.47 Å². The fourth-order valence-electron chi connectivity index (χ4n) is 2.95. The van der Waals surface area contributed by atoms with E-state index in [0.29, 0.717) is 31.1 Å². The predicted octanol–water partition coefficient (Wildman–Crippen LogP) is 3.01. The van der Waals surface area contributed by atoms with Crippen molar-refractivity contribution < 1.29 is 14.3 Å². The third kappa shape index (κ3) is 4.66. The van der Waals surface area contributed by atoms with Gasteiger partial charge in [0.15, 0.2) is 11.5 Å². The summed E-state index contributed by atoms with van der Waals surface area (Å²) in [6.45, 7) is 1.96. The van der Waals surface area contributed by atoms with Gasteiger partial charge >= 0.3 is 0 Å². The number of aromatic nitrogens is 2. The molecular weight excluding hydrogens is 342 g/mol. The summed E-state index contributed by atoms with van der Waals surface area (Å²) in [4.78, 5) is 14.2. The molecule has 1 fully saturated rings. The molecule has 0 bridgehead atoms. The highest BCUT2D eigenvalue weighted by Gasteiger charge is 2.24. The number of aryl methyl sites for hydroxylation is 1. The van der Waals surface area contributed by atoms with E-state index in [2.05, 4.69) is 5.10 Å². The Morgan fingerprint density at radius 3 is 2.64 bits per heavy atom. The molecule has 1 aliphatic rings. The molecule has 0 unspecified atom stereocenters. The van der Waals surface area contributed by atoms with Crippen molar-refractivity contribution in [3.05, 3.63) is 41.7 Å². The molecule has 2 aromatic rings. The smallest absolute Gasteiger partial charge is 0.224 e. The van der Waals surface area contributed by atoms with Gasteiger partial charge in [0.25, 0.3) is 0 Å². The Bertz CT molecular complexity index is 711. The van der Waals surface area contributed by atoms with E-state index in [1.165, 1.54) is 0 Å². The van der Waals surface area contributed by atoms with E-state index in [4.69, 9.17) is 21.1 Å². The molecule has 0 aliphatic carbocycles. The van der Waals surface area contributed by atoms with E-state index < -0.39 is 0 Å². The molecule has 0 N–H and O–H groups in total. The fraction of sp³-hybridized carbons (Fsp3) is 0.444. The van der Waals surface area contributed by atoms with Crippen LogP contribution in [0.5, 0.6) is 11.5 Å². The summed E-state index contributed by atoms with van der Waals surface area (Å²) < 4.78 is 13.1. The number of methoxy groups -OCH3 is 1. The lowest BCUT2D eigenvalue weighted by Crippen LogP contribution is -2.42. The lowest BCUT2D eigenvalue weighted by Gasteiger charge is -2.32. The normalized spacial score (nSPS) is 15.2. The largest absolute Gasteiger partial charge is 0.493 e. The number of nitrogens with zero attached hydrogens (tertiary/aromatic N) is 3. The van der Waals surface area contributed by atoms with Crippen molar-refractivity contribution >= 4 is 17.5 Å². The van der Waals surface area contributed by atoms with E-state index in [9.17, 15) is 4.79 Å². The maximum atomic E-state index is 12.3. The van der Waals surface area contributed by atoms with E-state index in [1.807, 2.05) is 29.2 Å². The van der Waals surface area contributed by atoms with Gasteiger partial charge in [-0.05, 0) is 12.1 Å². The molecule has 1 aliphatic heterocycles. The van der Waals surface area contributed by atoms with Crippen molar-refractivity contribution in [1.29, 1.82) is 0 Å². The number of para-hydroxylation sites is 2. The maximum Gasteiger partial charge on any atom is 0.224 e. The second kappa shape index (κ2) is 8.25. The minimum absolute atomic E-state index is 0.102. The van der Waals surface area contributed by atoms with Crippen LogP contribution in [0.25, 0.3) is 0 Å². The number of benzene rings is 1. The van der Waals surface area contributed by atoms with Crippen molar-refractivity contribution in [2.75, 3.05) is 20.2 Å². The average molecular weight is 364 g/mol. The Hall–Kier alpha value is -2.21. The third-order valence-electron chi connectivity index (χ3n) is 4.31. The van der Waals surface area contributed by atoms with E-state index in [1.54, 1.807) is 24.2 Å².